The van der Waals surface area contributed by atoms with Crippen LogP contribution in [0.15, 0.2) is 53.7 Å². The van der Waals surface area contributed by atoms with Gasteiger partial charge in [-0.2, -0.15) is 5.26 Å². The summed E-state index contributed by atoms with van der Waals surface area (Å²) < 4.78 is 13.0. The van der Waals surface area contributed by atoms with E-state index in [2.05, 4.69) is 10.5 Å². The van der Waals surface area contributed by atoms with E-state index in [4.69, 9.17) is 10.1 Å². The van der Waals surface area contributed by atoms with E-state index in [-0.39, 0.29) is 5.82 Å². The van der Waals surface area contributed by atoms with Crippen LogP contribution in [-0.4, -0.2) is 18.2 Å². The molecular formula is C17H14FN3O2. The Kier molecular flexibility index (Phi) is 5.42. The minimum atomic E-state index is -0.842. The first kappa shape index (κ1) is 16.2. The Morgan fingerprint density at radius 3 is 2.87 bits per heavy atom. The summed E-state index contributed by atoms with van der Waals surface area (Å²) in [7, 11) is 0. The molecule has 0 bridgehead atoms. The third-order valence-corrected chi connectivity index (χ3v) is 2.90. The van der Waals surface area contributed by atoms with Crippen molar-refractivity contribution < 1.29 is 14.0 Å². The van der Waals surface area contributed by atoms with Gasteiger partial charge in [-0.1, -0.05) is 23.4 Å². The number of nitrogens with zero attached hydrogens (tertiary/aromatic N) is 2. The normalized spacial score (nSPS) is 11.7. The van der Waals surface area contributed by atoms with Crippen LogP contribution in [0.3, 0.4) is 0 Å². The summed E-state index contributed by atoms with van der Waals surface area (Å²) in [5, 5.41) is 15.1. The molecule has 0 unspecified atom stereocenters. The third kappa shape index (κ3) is 4.93. The maximum absolute atomic E-state index is 13.0. The second-order valence-corrected chi connectivity index (χ2v) is 4.72. The van der Waals surface area contributed by atoms with E-state index in [1.54, 1.807) is 36.4 Å². The van der Waals surface area contributed by atoms with Crippen molar-refractivity contribution in [3.8, 4) is 6.07 Å². The van der Waals surface area contributed by atoms with E-state index in [0.29, 0.717) is 16.8 Å². The molecule has 1 atom stereocenters. The Morgan fingerprint density at radius 2 is 2.13 bits per heavy atom. The quantitative estimate of drug-likeness (QED) is 0.681. The van der Waals surface area contributed by atoms with Crippen molar-refractivity contribution in [1.82, 2.24) is 0 Å². The number of amides is 1. The van der Waals surface area contributed by atoms with E-state index in [0.717, 1.165) is 0 Å². The maximum atomic E-state index is 13.0. The summed E-state index contributed by atoms with van der Waals surface area (Å²) in [6, 6.07) is 14.4. The number of nitrogens with one attached hydrogen (secondary N) is 1. The standard InChI is InChI=1S/C17H14FN3O2/c1-12(23-20-11-14-5-2-6-15(18)8-14)17(22)21-16-7-3-4-13(9-16)10-19/h2-9,11-12H,1H3,(H,21,22)/b20-11-/t12-/m1/s1. The van der Waals surface area contributed by atoms with Crippen LogP contribution in [0.4, 0.5) is 10.1 Å². The van der Waals surface area contributed by atoms with Crippen LogP contribution >= 0.6 is 0 Å². The van der Waals surface area contributed by atoms with Gasteiger partial charge in [0.25, 0.3) is 5.91 Å². The monoisotopic (exact) mass is 311 g/mol. The molecular weight excluding hydrogens is 297 g/mol. The molecule has 0 aliphatic rings. The number of nitriles is 1. The van der Waals surface area contributed by atoms with Crippen molar-refractivity contribution in [2.75, 3.05) is 5.32 Å². The van der Waals surface area contributed by atoms with Crippen LogP contribution in [-0.2, 0) is 9.63 Å². The molecule has 6 heteroatoms. The van der Waals surface area contributed by atoms with Gasteiger partial charge in [-0.15, -0.1) is 0 Å². The van der Waals surface area contributed by atoms with Gasteiger partial charge in [-0.3, -0.25) is 4.79 Å². The predicted octanol–water partition coefficient (Wildman–Crippen LogP) is 3.08. The van der Waals surface area contributed by atoms with Crippen LogP contribution in [0.5, 0.6) is 0 Å². The first-order valence-corrected chi connectivity index (χ1v) is 6.84. The highest BCUT2D eigenvalue weighted by Crippen LogP contribution is 2.10. The molecule has 0 fully saturated rings. The van der Waals surface area contributed by atoms with E-state index < -0.39 is 12.0 Å². The molecule has 1 N–H and O–H groups in total. The van der Waals surface area contributed by atoms with Gasteiger partial charge >= 0.3 is 0 Å². The molecule has 1 amide bonds. The zero-order chi connectivity index (χ0) is 16.7. The fourth-order valence-electron chi connectivity index (χ4n) is 1.73. The molecule has 5 nitrogen and oxygen atoms in total. The molecule has 2 aromatic rings. The van der Waals surface area contributed by atoms with Crippen molar-refractivity contribution in [1.29, 1.82) is 5.26 Å². The van der Waals surface area contributed by atoms with Crippen LogP contribution in [0.25, 0.3) is 0 Å². The van der Waals surface area contributed by atoms with Gasteiger partial charge in [0.05, 0.1) is 17.8 Å². The van der Waals surface area contributed by atoms with Gasteiger partial charge in [0.2, 0.25) is 6.10 Å². The van der Waals surface area contributed by atoms with Gasteiger partial charge in [0, 0.05) is 5.69 Å². The fraction of sp³-hybridized carbons (Fsp3) is 0.118. The Morgan fingerprint density at radius 1 is 1.35 bits per heavy atom. The highest BCUT2D eigenvalue weighted by molar-refractivity contribution is 5.94. The Labute approximate surface area is 133 Å². The lowest BCUT2D eigenvalue weighted by molar-refractivity contribution is -0.126. The molecule has 0 saturated heterocycles. The molecule has 0 saturated carbocycles. The van der Waals surface area contributed by atoms with Crippen LogP contribution in [0, 0.1) is 17.1 Å². The number of halogens is 1. The van der Waals surface area contributed by atoms with Crippen molar-refractivity contribution >= 4 is 17.8 Å². The highest BCUT2D eigenvalue weighted by atomic mass is 19.1. The van der Waals surface area contributed by atoms with E-state index >= 15 is 0 Å². The van der Waals surface area contributed by atoms with Gasteiger partial charge in [0.15, 0.2) is 0 Å². The van der Waals surface area contributed by atoms with E-state index in [1.165, 1.54) is 25.3 Å². The molecule has 0 aromatic heterocycles. The van der Waals surface area contributed by atoms with Crippen LogP contribution in [0.1, 0.15) is 18.1 Å². The molecule has 2 aromatic carbocycles. The van der Waals surface area contributed by atoms with Crippen molar-refractivity contribution in [3.05, 3.63) is 65.5 Å². The minimum Gasteiger partial charge on any atom is -0.383 e. The van der Waals surface area contributed by atoms with Crippen LogP contribution in [0.2, 0.25) is 0 Å². The maximum Gasteiger partial charge on any atom is 0.267 e. The number of rotatable bonds is 5. The molecule has 0 heterocycles. The summed E-state index contributed by atoms with van der Waals surface area (Å²) in [6.45, 7) is 1.53. The highest BCUT2D eigenvalue weighted by Gasteiger charge is 2.14. The number of carbonyl (C=O) groups excluding carboxylic acids is 1. The molecule has 0 spiro atoms. The second-order valence-electron chi connectivity index (χ2n) is 4.72. The van der Waals surface area contributed by atoms with E-state index in [1.807, 2.05) is 6.07 Å². The lowest BCUT2D eigenvalue weighted by atomic mass is 10.2. The van der Waals surface area contributed by atoms with Gasteiger partial charge < -0.3 is 10.2 Å². The number of hydrogen-bond donors (Lipinski definition) is 1. The predicted molar refractivity (Wildman–Crippen MR) is 84.3 cm³/mol. The van der Waals surface area contributed by atoms with Crippen molar-refractivity contribution in [2.45, 2.75) is 13.0 Å². The van der Waals surface area contributed by atoms with Gasteiger partial charge in [-0.05, 0) is 42.8 Å². The Balaban J connectivity index is 1.91. The van der Waals surface area contributed by atoms with Gasteiger partial charge in [0.1, 0.15) is 5.82 Å². The summed E-state index contributed by atoms with van der Waals surface area (Å²) in [5.74, 6) is -0.784. The second kappa shape index (κ2) is 7.71. The summed E-state index contributed by atoms with van der Waals surface area (Å²) in [4.78, 5) is 17.0. The Bertz CT molecular complexity index is 768. The lowest BCUT2D eigenvalue weighted by Gasteiger charge is -2.10. The molecule has 23 heavy (non-hydrogen) atoms. The van der Waals surface area contributed by atoms with Gasteiger partial charge in [-0.25, -0.2) is 4.39 Å². The topological polar surface area (TPSA) is 74.5 Å². The SMILES string of the molecule is C[C@@H](O/N=C\c1cccc(F)c1)C(=O)Nc1cccc(C#N)c1. The number of carbonyl (C=O) groups is 1. The first-order valence-electron chi connectivity index (χ1n) is 6.84. The fourth-order valence-corrected chi connectivity index (χ4v) is 1.73. The Hall–Kier alpha value is -3.20. The number of oxime groups is 1. The summed E-state index contributed by atoms with van der Waals surface area (Å²) in [5.41, 5.74) is 1.47. The van der Waals surface area contributed by atoms with Crippen LogP contribution < -0.4 is 5.32 Å². The smallest absolute Gasteiger partial charge is 0.267 e. The lowest BCUT2D eigenvalue weighted by Crippen LogP contribution is -2.26. The molecule has 0 aliphatic carbocycles. The molecule has 116 valence electrons. The average Bonchev–Trinajstić information content (AvgIpc) is 2.55. The largest absolute Gasteiger partial charge is 0.383 e. The van der Waals surface area contributed by atoms with Crippen molar-refractivity contribution in [3.63, 3.8) is 0 Å². The van der Waals surface area contributed by atoms with Crippen molar-refractivity contribution in [2.24, 2.45) is 5.16 Å². The third-order valence-electron chi connectivity index (χ3n) is 2.90. The summed E-state index contributed by atoms with van der Waals surface area (Å²) >= 11 is 0. The number of anilines is 1. The average molecular weight is 311 g/mol. The molecule has 0 aliphatic heterocycles. The van der Waals surface area contributed by atoms with E-state index in [9.17, 15) is 9.18 Å². The number of benzene rings is 2. The molecule has 2 rings (SSSR count). The first-order chi connectivity index (χ1) is 11.1. The zero-order valence-electron chi connectivity index (χ0n) is 12.4. The zero-order valence-corrected chi connectivity index (χ0v) is 12.4. The number of hydrogen-bond acceptors (Lipinski definition) is 4. The molecule has 0 radical (unpaired) electrons. The minimum absolute atomic E-state index is 0.378. The summed E-state index contributed by atoms with van der Waals surface area (Å²) in [6.07, 6.45) is 0.480.